The van der Waals surface area contributed by atoms with Crippen molar-refractivity contribution in [3.63, 3.8) is 0 Å². The largest absolute Gasteiger partial charge is 0.445 e. The van der Waals surface area contributed by atoms with Gasteiger partial charge in [-0.3, -0.25) is 0 Å². The molecule has 0 heterocycles. The van der Waals surface area contributed by atoms with E-state index in [1.54, 1.807) is 7.11 Å². The van der Waals surface area contributed by atoms with Crippen LogP contribution in [-0.2, 0) is 20.5 Å². The summed E-state index contributed by atoms with van der Waals surface area (Å²) >= 11 is 0. The number of carbonyl (C=O) groups excluding carboxylic acids is 1. The zero-order chi connectivity index (χ0) is 15.7. The third-order valence-corrected chi connectivity index (χ3v) is 3.65. The molecule has 0 fully saturated rings. The molecule has 118 valence electrons. The second-order valence-corrected chi connectivity index (χ2v) is 10.3. The van der Waals surface area contributed by atoms with Crippen LogP contribution in [0.4, 0.5) is 4.79 Å². The van der Waals surface area contributed by atoms with Gasteiger partial charge in [0, 0.05) is 7.11 Å². The number of ether oxygens (including phenoxy) is 2. The number of nitrogens with one attached hydrogen (secondary N) is 1. The van der Waals surface area contributed by atoms with Crippen LogP contribution in [0.2, 0.25) is 19.6 Å². The maximum Gasteiger partial charge on any atom is 0.407 e. The standard InChI is InChI=1S/C15H25NO4Si/c1-18-11-14(12-20-21(2,3)4)16-15(17)19-10-13-8-6-5-7-9-13/h5-9,14H,10-12H2,1-4H3,(H,16,17)/t14-/m1/s1. The fourth-order valence-corrected chi connectivity index (χ4v) is 2.32. The summed E-state index contributed by atoms with van der Waals surface area (Å²) in [6, 6.07) is 9.36. The summed E-state index contributed by atoms with van der Waals surface area (Å²) in [7, 11) is -0.0231. The molecule has 1 aromatic rings. The molecule has 5 nitrogen and oxygen atoms in total. The topological polar surface area (TPSA) is 56.8 Å². The van der Waals surface area contributed by atoms with Gasteiger partial charge in [0.05, 0.1) is 19.3 Å². The third kappa shape index (κ3) is 8.49. The molecule has 1 N–H and O–H groups in total. The van der Waals surface area contributed by atoms with Gasteiger partial charge in [-0.05, 0) is 25.2 Å². The SMILES string of the molecule is COC[C@H](CO[Si](C)(C)C)NC(=O)OCc1ccccc1. The van der Waals surface area contributed by atoms with Gasteiger partial charge in [-0.2, -0.15) is 0 Å². The van der Waals surface area contributed by atoms with E-state index >= 15 is 0 Å². The van der Waals surface area contributed by atoms with Gasteiger partial charge >= 0.3 is 6.09 Å². The number of benzene rings is 1. The van der Waals surface area contributed by atoms with Crippen LogP contribution in [0.3, 0.4) is 0 Å². The summed E-state index contributed by atoms with van der Waals surface area (Å²) in [5, 5.41) is 2.77. The third-order valence-electron chi connectivity index (χ3n) is 2.62. The maximum absolute atomic E-state index is 11.8. The van der Waals surface area contributed by atoms with E-state index in [1.165, 1.54) is 0 Å². The predicted molar refractivity (Wildman–Crippen MR) is 84.7 cm³/mol. The maximum atomic E-state index is 11.8. The Morgan fingerprint density at radius 2 is 1.86 bits per heavy atom. The Labute approximate surface area is 127 Å². The number of methoxy groups -OCH3 is 1. The van der Waals surface area contributed by atoms with Gasteiger partial charge < -0.3 is 19.2 Å². The van der Waals surface area contributed by atoms with Crippen LogP contribution in [0, 0.1) is 0 Å². The quantitative estimate of drug-likeness (QED) is 0.750. The van der Waals surface area contributed by atoms with Crippen molar-refractivity contribution in [1.29, 1.82) is 0 Å². The monoisotopic (exact) mass is 311 g/mol. The first-order chi connectivity index (χ1) is 9.90. The van der Waals surface area contributed by atoms with Gasteiger partial charge in [-0.25, -0.2) is 4.79 Å². The molecule has 0 aliphatic carbocycles. The summed E-state index contributed by atoms with van der Waals surface area (Å²) in [6.45, 7) is 7.38. The van der Waals surface area contributed by atoms with Crippen LogP contribution in [0.25, 0.3) is 0 Å². The molecule has 0 unspecified atom stereocenters. The van der Waals surface area contributed by atoms with Crippen LogP contribution in [-0.4, -0.2) is 40.8 Å². The van der Waals surface area contributed by atoms with Crippen molar-refractivity contribution in [3.8, 4) is 0 Å². The second kappa shape index (κ2) is 8.81. The van der Waals surface area contributed by atoms with Crippen molar-refractivity contribution in [2.45, 2.75) is 32.3 Å². The van der Waals surface area contributed by atoms with Gasteiger partial charge in [-0.15, -0.1) is 0 Å². The molecule has 0 saturated carbocycles. The van der Waals surface area contributed by atoms with Crippen molar-refractivity contribution in [2.75, 3.05) is 20.3 Å². The summed E-state index contributed by atoms with van der Waals surface area (Å²) in [4.78, 5) is 11.8. The Balaban J connectivity index is 2.37. The van der Waals surface area contributed by atoms with E-state index in [9.17, 15) is 4.79 Å². The Morgan fingerprint density at radius 3 is 2.43 bits per heavy atom. The van der Waals surface area contributed by atoms with Gasteiger partial charge in [0.1, 0.15) is 6.61 Å². The molecule has 21 heavy (non-hydrogen) atoms. The van der Waals surface area contributed by atoms with Gasteiger partial charge in [0.25, 0.3) is 0 Å². The van der Waals surface area contributed by atoms with Crippen LogP contribution in [0.5, 0.6) is 0 Å². The first-order valence-corrected chi connectivity index (χ1v) is 10.4. The normalized spacial score (nSPS) is 12.8. The highest BCUT2D eigenvalue weighted by molar-refractivity contribution is 6.69. The fourth-order valence-electron chi connectivity index (χ4n) is 1.61. The molecule has 1 rings (SSSR count). The van der Waals surface area contributed by atoms with E-state index in [0.717, 1.165) is 5.56 Å². The average molecular weight is 311 g/mol. The molecule has 6 heteroatoms. The van der Waals surface area contributed by atoms with E-state index in [0.29, 0.717) is 13.2 Å². The highest BCUT2D eigenvalue weighted by Crippen LogP contribution is 2.04. The molecule has 0 radical (unpaired) electrons. The zero-order valence-electron chi connectivity index (χ0n) is 13.2. The molecular formula is C15H25NO4Si. The number of hydrogen-bond donors (Lipinski definition) is 1. The van der Waals surface area contributed by atoms with Crippen molar-refractivity contribution >= 4 is 14.4 Å². The Morgan fingerprint density at radius 1 is 1.19 bits per heavy atom. The molecular weight excluding hydrogens is 286 g/mol. The van der Waals surface area contributed by atoms with E-state index in [1.807, 2.05) is 30.3 Å². The summed E-state index contributed by atoms with van der Waals surface area (Å²) in [5.74, 6) is 0. The predicted octanol–water partition coefficient (Wildman–Crippen LogP) is 2.78. The van der Waals surface area contributed by atoms with E-state index in [-0.39, 0.29) is 12.6 Å². The Kier molecular flexibility index (Phi) is 7.42. The molecule has 0 aliphatic rings. The van der Waals surface area contributed by atoms with Crippen molar-refractivity contribution in [3.05, 3.63) is 35.9 Å². The zero-order valence-corrected chi connectivity index (χ0v) is 14.2. The fraction of sp³-hybridized carbons (Fsp3) is 0.533. The first-order valence-electron chi connectivity index (χ1n) is 7.01. The Bertz CT molecular complexity index is 419. The highest BCUT2D eigenvalue weighted by atomic mass is 28.4. The molecule has 0 aliphatic heterocycles. The van der Waals surface area contributed by atoms with Crippen LogP contribution >= 0.6 is 0 Å². The lowest BCUT2D eigenvalue weighted by Crippen LogP contribution is -2.44. The van der Waals surface area contributed by atoms with Crippen molar-refractivity contribution in [2.24, 2.45) is 0 Å². The average Bonchev–Trinajstić information content (AvgIpc) is 2.43. The molecule has 0 saturated heterocycles. The molecule has 0 aromatic heterocycles. The van der Waals surface area contributed by atoms with Crippen LogP contribution < -0.4 is 5.32 Å². The molecule has 0 bridgehead atoms. The molecule has 0 spiro atoms. The molecule has 1 amide bonds. The lowest BCUT2D eigenvalue weighted by molar-refractivity contribution is 0.106. The van der Waals surface area contributed by atoms with Gasteiger partial charge in [0.15, 0.2) is 8.32 Å². The van der Waals surface area contributed by atoms with Crippen LogP contribution in [0.15, 0.2) is 30.3 Å². The number of carbonyl (C=O) groups is 1. The number of hydrogen-bond acceptors (Lipinski definition) is 4. The van der Waals surface area contributed by atoms with Crippen LogP contribution in [0.1, 0.15) is 5.56 Å². The summed E-state index contributed by atoms with van der Waals surface area (Å²) < 4.78 is 16.1. The first kappa shape index (κ1) is 17.7. The minimum atomic E-state index is -1.62. The summed E-state index contributed by atoms with van der Waals surface area (Å²) in [6.07, 6.45) is -0.458. The number of rotatable bonds is 8. The minimum absolute atomic E-state index is 0.204. The second-order valence-electron chi connectivity index (χ2n) is 5.78. The van der Waals surface area contributed by atoms with Crippen molar-refractivity contribution in [1.82, 2.24) is 5.32 Å². The number of amides is 1. The smallest absolute Gasteiger partial charge is 0.407 e. The summed E-state index contributed by atoms with van der Waals surface area (Å²) in [5.41, 5.74) is 0.953. The molecule has 1 atom stereocenters. The van der Waals surface area contributed by atoms with E-state index < -0.39 is 14.4 Å². The van der Waals surface area contributed by atoms with E-state index in [2.05, 4.69) is 25.0 Å². The minimum Gasteiger partial charge on any atom is -0.445 e. The lowest BCUT2D eigenvalue weighted by Gasteiger charge is -2.23. The Hall–Kier alpha value is -1.37. The van der Waals surface area contributed by atoms with Gasteiger partial charge in [0.2, 0.25) is 0 Å². The molecule has 1 aromatic carbocycles. The lowest BCUT2D eigenvalue weighted by atomic mass is 10.2. The van der Waals surface area contributed by atoms with Gasteiger partial charge in [-0.1, -0.05) is 30.3 Å². The van der Waals surface area contributed by atoms with Crippen molar-refractivity contribution < 1.29 is 18.7 Å². The van der Waals surface area contributed by atoms with E-state index in [4.69, 9.17) is 13.9 Å². The highest BCUT2D eigenvalue weighted by Gasteiger charge is 2.19. The number of alkyl carbamates (subject to hydrolysis) is 1.